The van der Waals surface area contributed by atoms with Crippen molar-refractivity contribution in [3.05, 3.63) is 29.8 Å². The van der Waals surface area contributed by atoms with Crippen molar-refractivity contribution in [2.75, 3.05) is 26.2 Å². The van der Waals surface area contributed by atoms with Gasteiger partial charge in [-0.1, -0.05) is 19.1 Å². The van der Waals surface area contributed by atoms with Crippen LogP contribution in [0.5, 0.6) is 5.75 Å². The first kappa shape index (κ1) is 19.4. The summed E-state index contributed by atoms with van der Waals surface area (Å²) in [5.41, 5.74) is 6.60. The van der Waals surface area contributed by atoms with Crippen molar-refractivity contribution in [1.82, 2.24) is 10.2 Å². The molecule has 1 aromatic rings. The van der Waals surface area contributed by atoms with Gasteiger partial charge in [-0.25, -0.2) is 4.99 Å². The second-order valence-corrected chi connectivity index (χ2v) is 6.39. The summed E-state index contributed by atoms with van der Waals surface area (Å²) >= 11 is 0. The number of ether oxygens (including phenoxy) is 1. The molecule has 1 aliphatic rings. The van der Waals surface area contributed by atoms with Crippen LogP contribution in [0.4, 0.5) is 13.2 Å². The van der Waals surface area contributed by atoms with E-state index in [0.717, 1.165) is 18.7 Å². The van der Waals surface area contributed by atoms with E-state index < -0.39 is 6.36 Å². The molecule has 1 atom stereocenters. The van der Waals surface area contributed by atoms with Crippen LogP contribution in [-0.2, 0) is 6.54 Å². The Labute approximate surface area is 146 Å². The molecule has 25 heavy (non-hydrogen) atoms. The third kappa shape index (κ3) is 7.64. The predicted octanol–water partition coefficient (Wildman–Crippen LogP) is 2.72. The Morgan fingerprint density at radius 1 is 1.28 bits per heavy atom. The highest BCUT2D eigenvalue weighted by Gasteiger charge is 2.30. The normalized spacial score (nSPS) is 17.5. The lowest BCUT2D eigenvalue weighted by Crippen LogP contribution is -2.38. The highest BCUT2D eigenvalue weighted by Crippen LogP contribution is 2.22. The summed E-state index contributed by atoms with van der Waals surface area (Å²) in [5, 5.41) is 3.10. The quantitative estimate of drug-likeness (QED) is 0.581. The number of nitrogens with zero attached hydrogens (tertiary/aromatic N) is 2. The molecule has 1 heterocycles. The van der Waals surface area contributed by atoms with Crippen LogP contribution in [0.2, 0.25) is 0 Å². The summed E-state index contributed by atoms with van der Waals surface area (Å²) in [6, 6.07) is 5.60. The molecule has 0 spiro atoms. The maximum Gasteiger partial charge on any atom is 0.573 e. The van der Waals surface area contributed by atoms with Crippen molar-refractivity contribution in [2.24, 2.45) is 16.6 Å². The number of halogens is 3. The fourth-order valence-corrected chi connectivity index (χ4v) is 2.78. The van der Waals surface area contributed by atoms with Gasteiger partial charge in [-0.2, -0.15) is 0 Å². The molecular weight excluding hydrogens is 333 g/mol. The Morgan fingerprint density at radius 2 is 1.92 bits per heavy atom. The maximum absolute atomic E-state index is 12.1. The number of guanidine groups is 1. The zero-order valence-corrected chi connectivity index (χ0v) is 14.4. The largest absolute Gasteiger partial charge is 0.573 e. The van der Waals surface area contributed by atoms with E-state index in [2.05, 4.69) is 26.9 Å². The average Bonchev–Trinajstić information content (AvgIpc) is 3.03. The van der Waals surface area contributed by atoms with Crippen molar-refractivity contribution in [2.45, 2.75) is 32.7 Å². The molecule has 0 aliphatic carbocycles. The Balaban J connectivity index is 1.72. The molecule has 2 rings (SSSR count). The van der Waals surface area contributed by atoms with Crippen LogP contribution < -0.4 is 15.8 Å². The van der Waals surface area contributed by atoms with Gasteiger partial charge < -0.3 is 20.7 Å². The lowest BCUT2D eigenvalue weighted by molar-refractivity contribution is -0.274. The van der Waals surface area contributed by atoms with Gasteiger partial charge in [0, 0.05) is 13.1 Å². The number of likely N-dealkylation sites (tertiary alicyclic amines) is 1. The first-order valence-electron chi connectivity index (χ1n) is 8.42. The first-order valence-corrected chi connectivity index (χ1v) is 8.42. The SMILES string of the molecule is CC(CNC(N)=NCc1ccc(OC(F)(F)F)cc1)CN1CCCC1. The average molecular weight is 358 g/mol. The monoisotopic (exact) mass is 358 g/mol. The van der Waals surface area contributed by atoms with Crippen LogP contribution in [-0.4, -0.2) is 43.4 Å². The van der Waals surface area contributed by atoms with Gasteiger partial charge in [0.15, 0.2) is 5.96 Å². The Hall–Kier alpha value is -1.96. The smallest absolute Gasteiger partial charge is 0.406 e. The van der Waals surface area contributed by atoms with Crippen LogP contribution in [0, 0.1) is 5.92 Å². The van der Waals surface area contributed by atoms with Gasteiger partial charge in [0.2, 0.25) is 0 Å². The number of alkyl halides is 3. The molecule has 3 N–H and O–H groups in total. The second-order valence-electron chi connectivity index (χ2n) is 6.39. The van der Waals surface area contributed by atoms with E-state index in [4.69, 9.17) is 5.73 Å². The Morgan fingerprint density at radius 3 is 2.52 bits per heavy atom. The molecule has 1 saturated heterocycles. The van der Waals surface area contributed by atoms with Crippen LogP contribution >= 0.6 is 0 Å². The third-order valence-electron chi connectivity index (χ3n) is 3.99. The molecule has 0 radical (unpaired) electrons. The van der Waals surface area contributed by atoms with Gasteiger partial charge in [-0.05, 0) is 49.5 Å². The number of aliphatic imine (C=N–C) groups is 1. The highest BCUT2D eigenvalue weighted by atomic mass is 19.4. The minimum atomic E-state index is -4.68. The minimum Gasteiger partial charge on any atom is -0.406 e. The number of nitrogens with two attached hydrogens (primary N) is 1. The molecule has 140 valence electrons. The zero-order chi connectivity index (χ0) is 18.3. The van der Waals surface area contributed by atoms with Crippen molar-refractivity contribution >= 4 is 5.96 Å². The van der Waals surface area contributed by atoms with Crippen LogP contribution in [0.15, 0.2) is 29.3 Å². The molecule has 0 amide bonds. The third-order valence-corrected chi connectivity index (χ3v) is 3.99. The molecule has 1 unspecified atom stereocenters. The topological polar surface area (TPSA) is 62.9 Å². The van der Waals surface area contributed by atoms with E-state index >= 15 is 0 Å². The van der Waals surface area contributed by atoms with E-state index in [0.29, 0.717) is 18.4 Å². The van der Waals surface area contributed by atoms with Gasteiger partial charge in [0.25, 0.3) is 0 Å². The Bertz CT molecular complexity index is 554. The van der Waals surface area contributed by atoms with Crippen molar-refractivity contribution < 1.29 is 17.9 Å². The molecule has 1 fully saturated rings. The summed E-state index contributed by atoms with van der Waals surface area (Å²) < 4.78 is 40.1. The number of nitrogens with one attached hydrogen (secondary N) is 1. The molecule has 0 aromatic heterocycles. The lowest BCUT2D eigenvalue weighted by atomic mass is 10.1. The summed E-state index contributed by atoms with van der Waals surface area (Å²) in [6.07, 6.45) is -2.13. The van der Waals surface area contributed by atoms with E-state index in [1.54, 1.807) is 0 Å². The molecule has 8 heteroatoms. The van der Waals surface area contributed by atoms with Crippen LogP contribution in [0.3, 0.4) is 0 Å². The molecular formula is C17H25F3N4O. The lowest BCUT2D eigenvalue weighted by Gasteiger charge is -2.20. The standard InChI is InChI=1S/C17H25F3N4O/c1-13(12-24-8-2-3-9-24)10-22-16(21)23-11-14-4-6-15(7-5-14)25-17(18,19)20/h4-7,13H,2-3,8-12H2,1H3,(H3,21,22,23). The Kier molecular flexibility index (Phi) is 6.92. The number of benzene rings is 1. The second kappa shape index (κ2) is 8.94. The van der Waals surface area contributed by atoms with Gasteiger partial charge in [-0.15, -0.1) is 13.2 Å². The van der Waals surface area contributed by atoms with Gasteiger partial charge in [-0.3, -0.25) is 0 Å². The van der Waals surface area contributed by atoms with E-state index in [1.165, 1.54) is 50.2 Å². The number of rotatable bonds is 7. The predicted molar refractivity (Wildman–Crippen MR) is 91.3 cm³/mol. The maximum atomic E-state index is 12.1. The van der Waals surface area contributed by atoms with Gasteiger partial charge in [0.1, 0.15) is 5.75 Å². The van der Waals surface area contributed by atoms with Crippen molar-refractivity contribution in [3.8, 4) is 5.75 Å². The highest BCUT2D eigenvalue weighted by molar-refractivity contribution is 5.77. The summed E-state index contributed by atoms with van der Waals surface area (Å²) in [7, 11) is 0. The van der Waals surface area contributed by atoms with Gasteiger partial charge >= 0.3 is 6.36 Å². The fraction of sp³-hybridized carbons (Fsp3) is 0.588. The molecule has 1 aliphatic heterocycles. The summed E-state index contributed by atoms with van der Waals surface area (Å²) in [4.78, 5) is 6.66. The minimum absolute atomic E-state index is 0.248. The van der Waals surface area contributed by atoms with Crippen molar-refractivity contribution in [3.63, 3.8) is 0 Å². The summed E-state index contributed by atoms with van der Waals surface area (Å²) in [6.45, 7) is 6.58. The van der Waals surface area contributed by atoms with E-state index in [-0.39, 0.29) is 5.75 Å². The van der Waals surface area contributed by atoms with Crippen molar-refractivity contribution in [1.29, 1.82) is 0 Å². The zero-order valence-electron chi connectivity index (χ0n) is 14.4. The fourth-order valence-electron chi connectivity index (χ4n) is 2.78. The van der Waals surface area contributed by atoms with Gasteiger partial charge in [0.05, 0.1) is 6.54 Å². The number of hydrogen-bond acceptors (Lipinski definition) is 3. The molecule has 0 bridgehead atoms. The molecule has 1 aromatic carbocycles. The van der Waals surface area contributed by atoms with Crippen LogP contribution in [0.1, 0.15) is 25.3 Å². The van der Waals surface area contributed by atoms with Crippen LogP contribution in [0.25, 0.3) is 0 Å². The van der Waals surface area contributed by atoms with E-state index in [9.17, 15) is 13.2 Å². The number of hydrogen-bond donors (Lipinski definition) is 2. The molecule has 0 saturated carbocycles. The molecule has 5 nitrogen and oxygen atoms in total. The summed E-state index contributed by atoms with van der Waals surface area (Å²) in [5.74, 6) is 0.552. The first-order chi connectivity index (χ1) is 11.8. The van der Waals surface area contributed by atoms with E-state index in [1.807, 2.05) is 0 Å².